The Morgan fingerprint density at radius 3 is 2.65 bits per heavy atom. The number of aromatic nitrogens is 3. The predicted octanol–water partition coefficient (Wildman–Crippen LogP) is 0.859. The van der Waals surface area contributed by atoms with E-state index in [1.807, 2.05) is 4.90 Å². The van der Waals surface area contributed by atoms with Gasteiger partial charge in [0.2, 0.25) is 5.91 Å². The Bertz CT molecular complexity index is 465. The molecule has 0 atom stereocenters. The zero-order valence-corrected chi connectivity index (χ0v) is 11.5. The standard InChI is InChI=1S/C12H19N5O3/c1-20-12(19)13-10-8-17(15-14-10)9-11(18)16-6-4-2-3-5-7-16/h8H,2-7,9H2,1H3,(H,13,19). The van der Waals surface area contributed by atoms with Crippen LogP contribution in [0.25, 0.3) is 0 Å². The Kier molecular flexibility index (Phi) is 4.91. The number of nitrogens with one attached hydrogen (secondary N) is 1. The van der Waals surface area contributed by atoms with Crippen LogP contribution in [0.2, 0.25) is 0 Å². The van der Waals surface area contributed by atoms with E-state index in [0.29, 0.717) is 0 Å². The third kappa shape index (κ3) is 3.94. The molecule has 2 rings (SSSR count). The maximum Gasteiger partial charge on any atom is 0.412 e. The number of amides is 2. The molecule has 8 nitrogen and oxygen atoms in total. The maximum atomic E-state index is 12.1. The number of hydrogen-bond acceptors (Lipinski definition) is 5. The average Bonchev–Trinajstić information content (AvgIpc) is 2.71. The van der Waals surface area contributed by atoms with Crippen molar-refractivity contribution in [3.8, 4) is 0 Å². The molecule has 1 N–H and O–H groups in total. The second kappa shape index (κ2) is 6.88. The molecule has 2 amide bonds. The van der Waals surface area contributed by atoms with Crippen LogP contribution < -0.4 is 5.32 Å². The van der Waals surface area contributed by atoms with E-state index in [9.17, 15) is 9.59 Å². The second-order valence-electron chi connectivity index (χ2n) is 4.71. The summed E-state index contributed by atoms with van der Waals surface area (Å²) in [6, 6.07) is 0. The van der Waals surface area contributed by atoms with Crippen molar-refractivity contribution in [2.24, 2.45) is 0 Å². The monoisotopic (exact) mass is 281 g/mol. The van der Waals surface area contributed by atoms with Gasteiger partial charge in [-0.15, -0.1) is 5.10 Å². The molecular formula is C12H19N5O3. The van der Waals surface area contributed by atoms with E-state index in [0.717, 1.165) is 25.9 Å². The predicted molar refractivity (Wildman–Crippen MR) is 71.1 cm³/mol. The van der Waals surface area contributed by atoms with E-state index in [2.05, 4.69) is 20.4 Å². The van der Waals surface area contributed by atoms with Gasteiger partial charge in [0.05, 0.1) is 13.3 Å². The van der Waals surface area contributed by atoms with Crippen molar-refractivity contribution in [1.82, 2.24) is 19.9 Å². The normalized spacial score (nSPS) is 15.6. The SMILES string of the molecule is COC(=O)Nc1cn(CC(=O)N2CCCCCC2)nn1. The first-order valence-electron chi connectivity index (χ1n) is 6.72. The molecule has 0 unspecified atom stereocenters. The molecule has 0 radical (unpaired) electrons. The van der Waals surface area contributed by atoms with E-state index in [1.165, 1.54) is 30.8 Å². The topological polar surface area (TPSA) is 89.4 Å². The summed E-state index contributed by atoms with van der Waals surface area (Å²) in [6.45, 7) is 1.75. The lowest BCUT2D eigenvalue weighted by Crippen LogP contribution is -2.34. The quantitative estimate of drug-likeness (QED) is 0.887. The Hall–Kier alpha value is -2.12. The molecule has 8 heteroatoms. The van der Waals surface area contributed by atoms with Gasteiger partial charge in [0.25, 0.3) is 0 Å². The average molecular weight is 281 g/mol. The number of hydrogen-bond donors (Lipinski definition) is 1. The molecule has 1 fully saturated rings. The van der Waals surface area contributed by atoms with Gasteiger partial charge in [0, 0.05) is 13.1 Å². The van der Waals surface area contributed by atoms with Crippen LogP contribution in [0.3, 0.4) is 0 Å². The highest BCUT2D eigenvalue weighted by molar-refractivity contribution is 5.82. The largest absolute Gasteiger partial charge is 0.453 e. The van der Waals surface area contributed by atoms with E-state index in [4.69, 9.17) is 0 Å². The van der Waals surface area contributed by atoms with Crippen LogP contribution in [0, 0.1) is 0 Å². The Morgan fingerprint density at radius 2 is 2.00 bits per heavy atom. The zero-order valence-electron chi connectivity index (χ0n) is 11.5. The molecule has 20 heavy (non-hydrogen) atoms. The Labute approximate surface area is 117 Å². The molecule has 1 saturated heterocycles. The fraction of sp³-hybridized carbons (Fsp3) is 0.667. The van der Waals surface area contributed by atoms with Gasteiger partial charge in [-0.2, -0.15) is 0 Å². The van der Waals surface area contributed by atoms with Gasteiger partial charge in [-0.05, 0) is 12.8 Å². The van der Waals surface area contributed by atoms with E-state index >= 15 is 0 Å². The van der Waals surface area contributed by atoms with Crippen molar-refractivity contribution in [3.05, 3.63) is 6.20 Å². The summed E-state index contributed by atoms with van der Waals surface area (Å²) >= 11 is 0. The fourth-order valence-electron chi connectivity index (χ4n) is 2.15. The van der Waals surface area contributed by atoms with E-state index in [1.54, 1.807) is 0 Å². The van der Waals surface area contributed by atoms with E-state index in [-0.39, 0.29) is 18.3 Å². The van der Waals surface area contributed by atoms with Crippen LogP contribution in [0.15, 0.2) is 6.20 Å². The first kappa shape index (κ1) is 14.3. The van der Waals surface area contributed by atoms with Crippen LogP contribution >= 0.6 is 0 Å². The van der Waals surface area contributed by atoms with Crippen LogP contribution in [0.4, 0.5) is 10.6 Å². The first-order valence-corrected chi connectivity index (χ1v) is 6.72. The van der Waals surface area contributed by atoms with Crippen molar-refractivity contribution in [3.63, 3.8) is 0 Å². The van der Waals surface area contributed by atoms with Gasteiger partial charge in [-0.3, -0.25) is 10.1 Å². The highest BCUT2D eigenvalue weighted by atomic mass is 16.5. The van der Waals surface area contributed by atoms with Gasteiger partial charge in [0.1, 0.15) is 6.54 Å². The molecule has 0 bridgehead atoms. The highest BCUT2D eigenvalue weighted by Gasteiger charge is 2.16. The molecule has 0 aliphatic carbocycles. The number of methoxy groups -OCH3 is 1. The van der Waals surface area contributed by atoms with Crippen LogP contribution in [0.5, 0.6) is 0 Å². The molecule has 110 valence electrons. The molecule has 1 aliphatic rings. The molecule has 0 aromatic carbocycles. The summed E-state index contributed by atoms with van der Waals surface area (Å²) in [7, 11) is 1.27. The van der Waals surface area contributed by atoms with Crippen molar-refractivity contribution in [2.45, 2.75) is 32.2 Å². The third-order valence-electron chi connectivity index (χ3n) is 3.21. The van der Waals surface area contributed by atoms with Crippen molar-refractivity contribution in [1.29, 1.82) is 0 Å². The molecule has 1 aliphatic heterocycles. The third-order valence-corrected chi connectivity index (χ3v) is 3.21. The number of anilines is 1. The summed E-state index contributed by atoms with van der Waals surface area (Å²) in [6.07, 6.45) is 5.36. The maximum absolute atomic E-state index is 12.1. The second-order valence-corrected chi connectivity index (χ2v) is 4.71. The zero-order chi connectivity index (χ0) is 14.4. The molecule has 0 spiro atoms. The van der Waals surface area contributed by atoms with Crippen molar-refractivity contribution >= 4 is 17.8 Å². The Balaban J connectivity index is 1.89. The number of rotatable bonds is 3. The van der Waals surface area contributed by atoms with Crippen molar-refractivity contribution < 1.29 is 14.3 Å². The number of nitrogens with zero attached hydrogens (tertiary/aromatic N) is 4. The lowest BCUT2D eigenvalue weighted by atomic mass is 10.2. The lowest BCUT2D eigenvalue weighted by Gasteiger charge is -2.19. The summed E-state index contributed by atoms with van der Waals surface area (Å²) in [4.78, 5) is 25.0. The van der Waals surface area contributed by atoms with Crippen LogP contribution in [-0.2, 0) is 16.1 Å². The summed E-state index contributed by atoms with van der Waals surface area (Å²) in [5.74, 6) is 0.293. The molecule has 2 heterocycles. The minimum Gasteiger partial charge on any atom is -0.453 e. The molecule has 1 aromatic rings. The number of carbonyl (C=O) groups excluding carboxylic acids is 2. The van der Waals surface area contributed by atoms with Gasteiger partial charge >= 0.3 is 6.09 Å². The summed E-state index contributed by atoms with van der Waals surface area (Å²) in [5, 5.41) is 9.96. The highest BCUT2D eigenvalue weighted by Crippen LogP contribution is 2.10. The summed E-state index contributed by atoms with van der Waals surface area (Å²) < 4.78 is 5.87. The van der Waals surface area contributed by atoms with Gasteiger partial charge in [-0.25, -0.2) is 9.48 Å². The first-order chi connectivity index (χ1) is 9.69. The van der Waals surface area contributed by atoms with Gasteiger partial charge < -0.3 is 9.64 Å². The minimum absolute atomic E-state index is 0.0291. The van der Waals surface area contributed by atoms with Crippen LogP contribution in [0.1, 0.15) is 25.7 Å². The molecule has 0 saturated carbocycles. The van der Waals surface area contributed by atoms with E-state index < -0.39 is 6.09 Å². The smallest absolute Gasteiger partial charge is 0.412 e. The van der Waals surface area contributed by atoms with Gasteiger partial charge in [-0.1, -0.05) is 18.1 Å². The van der Waals surface area contributed by atoms with Crippen molar-refractivity contribution in [2.75, 3.05) is 25.5 Å². The number of carbonyl (C=O) groups is 2. The Morgan fingerprint density at radius 1 is 1.30 bits per heavy atom. The lowest BCUT2D eigenvalue weighted by molar-refractivity contribution is -0.132. The number of ether oxygens (including phenoxy) is 1. The fourth-order valence-corrected chi connectivity index (χ4v) is 2.15. The minimum atomic E-state index is -0.615. The molecular weight excluding hydrogens is 262 g/mol. The van der Waals surface area contributed by atoms with Gasteiger partial charge in [0.15, 0.2) is 5.82 Å². The molecule has 1 aromatic heterocycles. The number of likely N-dealkylation sites (tertiary alicyclic amines) is 1. The summed E-state index contributed by atoms with van der Waals surface area (Å²) in [5.41, 5.74) is 0. The van der Waals surface area contributed by atoms with Crippen LogP contribution in [-0.4, -0.2) is 52.1 Å².